The van der Waals surface area contributed by atoms with Crippen molar-refractivity contribution in [2.45, 2.75) is 38.6 Å². The lowest BCUT2D eigenvalue weighted by Crippen LogP contribution is -2.37. The first kappa shape index (κ1) is 15.9. The van der Waals surface area contributed by atoms with Gasteiger partial charge in [-0.25, -0.2) is 9.98 Å². The Morgan fingerprint density at radius 2 is 1.64 bits per heavy atom. The fourth-order valence-corrected chi connectivity index (χ4v) is 3.99. The molecule has 0 spiro atoms. The molecule has 5 rings (SSSR count). The van der Waals surface area contributed by atoms with Crippen molar-refractivity contribution < 1.29 is 1.37 Å². The van der Waals surface area contributed by atoms with Gasteiger partial charge in [0.2, 0.25) is 0 Å². The molecule has 4 nitrogen and oxygen atoms in total. The first-order valence-corrected chi connectivity index (χ1v) is 9.88. The summed E-state index contributed by atoms with van der Waals surface area (Å²) in [5.74, 6) is 0. The van der Waals surface area contributed by atoms with Crippen molar-refractivity contribution in [1.29, 1.82) is 0 Å². The third kappa shape index (κ3) is 3.05. The molecule has 1 aromatic heterocycles. The lowest BCUT2D eigenvalue weighted by molar-refractivity contribution is 0.456. The van der Waals surface area contributed by atoms with Gasteiger partial charge in [0.15, 0.2) is 0 Å². The molecule has 5 heterocycles. The summed E-state index contributed by atoms with van der Waals surface area (Å²) in [6, 6.07) is 4.10. The van der Waals surface area contributed by atoms with E-state index in [2.05, 4.69) is 42.4 Å². The molecule has 4 aliphatic heterocycles. The van der Waals surface area contributed by atoms with Crippen LogP contribution in [0.15, 0.2) is 81.2 Å². The Balaban J connectivity index is 1.72. The first-order chi connectivity index (χ1) is 14.1. The summed E-state index contributed by atoms with van der Waals surface area (Å²) in [4.78, 5) is 12.9. The monoisotopic (exact) mass is 369 g/mol. The van der Waals surface area contributed by atoms with Crippen molar-refractivity contribution in [2.75, 3.05) is 0 Å². The van der Waals surface area contributed by atoms with Crippen LogP contribution in [0, 0.1) is 0 Å². The van der Waals surface area contributed by atoms with E-state index < -0.39 is 5.54 Å². The first-order valence-electron chi connectivity index (χ1n) is 10.5. The third-order valence-electron chi connectivity index (χ3n) is 5.51. The van der Waals surface area contributed by atoms with E-state index in [-0.39, 0.29) is 6.40 Å². The zero-order chi connectivity index (χ0) is 20.0. The van der Waals surface area contributed by atoms with E-state index >= 15 is 0 Å². The normalized spacial score (nSPS) is 28.1. The van der Waals surface area contributed by atoms with Gasteiger partial charge in [0.05, 0.1) is 28.4 Å². The van der Waals surface area contributed by atoms with Gasteiger partial charge in [-0.05, 0) is 85.6 Å². The largest absolute Gasteiger partial charge is 0.376 e. The average molecular weight is 369 g/mol. The lowest BCUT2D eigenvalue weighted by Gasteiger charge is -2.26. The second-order valence-electron chi connectivity index (χ2n) is 7.49. The summed E-state index contributed by atoms with van der Waals surface area (Å²) in [7, 11) is 0. The van der Waals surface area contributed by atoms with Gasteiger partial charge in [-0.3, -0.25) is 0 Å². The van der Waals surface area contributed by atoms with Crippen LogP contribution in [0.5, 0.6) is 0 Å². The number of aromatic amines is 1. The van der Waals surface area contributed by atoms with E-state index in [1.807, 2.05) is 42.5 Å². The number of fused-ring (bicyclic) bond motifs is 6. The molecule has 2 atom stereocenters. The Morgan fingerprint density at radius 1 is 0.964 bits per heavy atom. The molecule has 0 saturated heterocycles. The number of hydrogen-bond acceptors (Lipinski definition) is 3. The van der Waals surface area contributed by atoms with Crippen molar-refractivity contribution in [3.63, 3.8) is 0 Å². The SMILES string of the molecule is [2H]C1C(CC)=C2C=C3C=CC(=N3)C=c3ccc([nH]3)=CC3=NC(=CC1(CC)N2)C=C3. The Hall–Kier alpha value is -3.14. The predicted octanol–water partition coefficient (Wildman–Crippen LogP) is 3.18. The molecule has 140 valence electrons. The van der Waals surface area contributed by atoms with Crippen molar-refractivity contribution in [3.8, 4) is 0 Å². The van der Waals surface area contributed by atoms with Crippen LogP contribution in [0.2, 0.25) is 0 Å². The fourth-order valence-electron chi connectivity index (χ4n) is 3.99. The zero-order valence-electron chi connectivity index (χ0n) is 17.2. The van der Waals surface area contributed by atoms with Gasteiger partial charge in [-0.2, -0.15) is 0 Å². The Bertz CT molecular complexity index is 1220. The van der Waals surface area contributed by atoms with Crippen molar-refractivity contribution >= 4 is 23.6 Å². The van der Waals surface area contributed by atoms with Gasteiger partial charge < -0.3 is 10.3 Å². The second-order valence-corrected chi connectivity index (χ2v) is 7.49. The predicted molar refractivity (Wildman–Crippen MR) is 116 cm³/mol. The fraction of sp³-hybridized carbons (Fsp3) is 0.250. The highest BCUT2D eigenvalue weighted by atomic mass is 15.0. The van der Waals surface area contributed by atoms with Crippen LogP contribution in [-0.4, -0.2) is 21.9 Å². The van der Waals surface area contributed by atoms with Crippen LogP contribution in [0.4, 0.5) is 0 Å². The molecule has 0 radical (unpaired) electrons. The number of rotatable bonds is 2. The highest BCUT2D eigenvalue weighted by Crippen LogP contribution is 2.36. The van der Waals surface area contributed by atoms with E-state index in [4.69, 9.17) is 11.4 Å². The number of allylic oxidation sites excluding steroid dienone is 5. The molecule has 8 bridgehead atoms. The highest BCUT2D eigenvalue weighted by Gasteiger charge is 2.34. The van der Waals surface area contributed by atoms with Gasteiger partial charge >= 0.3 is 0 Å². The molecule has 2 unspecified atom stereocenters. The van der Waals surface area contributed by atoms with E-state index in [0.29, 0.717) is 0 Å². The van der Waals surface area contributed by atoms with E-state index in [1.165, 1.54) is 0 Å². The standard InChI is InChI=1S/C24H24N4/c1-3-16-14-24(4-2)15-22-10-9-20(27-22)12-18-6-5-17(25-18)11-19-7-8-21(26-19)13-23(16)28-24/h5-13,15,25,28H,3-4,14H2,1-2H3/i14D. The minimum absolute atomic E-state index is 0.352. The molecule has 4 heteroatoms. The Kier molecular flexibility index (Phi) is 3.67. The molecule has 0 aromatic carbocycles. The minimum atomic E-state index is -0.464. The Labute approximate surface area is 166 Å². The third-order valence-corrected chi connectivity index (χ3v) is 5.51. The summed E-state index contributed by atoms with van der Waals surface area (Å²) in [5, 5.41) is 5.67. The van der Waals surface area contributed by atoms with E-state index in [9.17, 15) is 0 Å². The number of aliphatic imine (C=N–C) groups is 2. The quantitative estimate of drug-likeness (QED) is 0.827. The van der Waals surface area contributed by atoms with Gasteiger partial charge in [0, 0.05) is 17.8 Å². The number of H-pyrrole nitrogens is 1. The van der Waals surface area contributed by atoms with Crippen LogP contribution >= 0.6 is 0 Å². The smallest absolute Gasteiger partial charge is 0.0658 e. The van der Waals surface area contributed by atoms with Crippen LogP contribution in [0.25, 0.3) is 12.2 Å². The van der Waals surface area contributed by atoms with Crippen molar-refractivity contribution in [2.24, 2.45) is 9.98 Å². The molecule has 28 heavy (non-hydrogen) atoms. The molecule has 4 aliphatic rings. The summed E-state index contributed by atoms with van der Waals surface area (Å²) < 4.78 is 8.99. The van der Waals surface area contributed by atoms with E-state index in [0.717, 1.165) is 57.6 Å². The van der Waals surface area contributed by atoms with Crippen molar-refractivity contribution in [3.05, 3.63) is 82.0 Å². The van der Waals surface area contributed by atoms with Gasteiger partial charge in [0.1, 0.15) is 0 Å². The van der Waals surface area contributed by atoms with Crippen LogP contribution in [0.1, 0.15) is 34.5 Å². The highest BCUT2D eigenvalue weighted by molar-refractivity contribution is 6.20. The second kappa shape index (κ2) is 6.48. The lowest BCUT2D eigenvalue weighted by atomic mass is 9.89. The summed E-state index contributed by atoms with van der Waals surface area (Å²) in [6.45, 7) is 4.25. The van der Waals surface area contributed by atoms with E-state index in [1.54, 1.807) is 0 Å². The summed E-state index contributed by atoms with van der Waals surface area (Å²) in [6.07, 6.45) is 17.7. The molecular weight excluding hydrogens is 344 g/mol. The molecule has 0 saturated carbocycles. The molecule has 0 aliphatic carbocycles. The molecule has 1 aromatic rings. The average Bonchev–Trinajstić information content (AvgIpc) is 3.47. The Morgan fingerprint density at radius 3 is 2.32 bits per heavy atom. The summed E-state index contributed by atoms with van der Waals surface area (Å²) in [5.41, 5.74) is 5.30. The molecular formula is C24H24N4. The molecule has 2 N–H and O–H groups in total. The zero-order valence-corrected chi connectivity index (χ0v) is 16.2. The van der Waals surface area contributed by atoms with Crippen LogP contribution < -0.4 is 16.0 Å². The minimum Gasteiger partial charge on any atom is -0.376 e. The number of hydrogen-bond donors (Lipinski definition) is 2. The maximum Gasteiger partial charge on any atom is 0.0658 e. The van der Waals surface area contributed by atoms with Gasteiger partial charge in [-0.15, -0.1) is 0 Å². The number of aromatic nitrogens is 1. The van der Waals surface area contributed by atoms with Crippen LogP contribution in [-0.2, 0) is 0 Å². The topological polar surface area (TPSA) is 52.5 Å². The van der Waals surface area contributed by atoms with Gasteiger partial charge in [-0.1, -0.05) is 13.8 Å². The number of nitrogens with zero attached hydrogens (tertiary/aromatic N) is 2. The molecule has 0 fully saturated rings. The maximum atomic E-state index is 8.99. The molecule has 0 amide bonds. The summed E-state index contributed by atoms with van der Waals surface area (Å²) >= 11 is 0. The maximum absolute atomic E-state index is 8.99. The number of nitrogens with one attached hydrogen (secondary N) is 2. The van der Waals surface area contributed by atoms with Crippen LogP contribution in [0.3, 0.4) is 0 Å². The van der Waals surface area contributed by atoms with Crippen molar-refractivity contribution in [1.82, 2.24) is 10.3 Å². The van der Waals surface area contributed by atoms with Gasteiger partial charge in [0.25, 0.3) is 0 Å².